The molecule has 0 bridgehead atoms. The van der Waals surface area contributed by atoms with E-state index >= 15 is 0 Å². The van der Waals surface area contributed by atoms with Crippen LogP contribution in [0.5, 0.6) is 5.75 Å². The molecule has 0 atom stereocenters. The van der Waals surface area contributed by atoms with Crippen LogP contribution in [0, 0.1) is 0 Å². The lowest BCUT2D eigenvalue weighted by molar-refractivity contribution is -0.123. The van der Waals surface area contributed by atoms with Crippen molar-refractivity contribution in [3.63, 3.8) is 0 Å². The van der Waals surface area contributed by atoms with Crippen LogP contribution in [0.3, 0.4) is 0 Å². The molecule has 0 radical (unpaired) electrons. The predicted octanol–water partition coefficient (Wildman–Crippen LogP) is -0.165. The number of rotatable bonds is 3. The van der Waals surface area contributed by atoms with Crippen LogP contribution >= 0.6 is 0 Å². The number of hydrogen-bond donors (Lipinski definition) is 3. The number of amides is 1. The molecule has 0 aliphatic rings. The van der Waals surface area contributed by atoms with Gasteiger partial charge in [-0.25, -0.2) is 5.43 Å². The molecule has 0 fully saturated rings. The smallest absolute Gasteiger partial charge is 0.265 e. The molecular weight excluding hydrogens is 184 g/mol. The van der Waals surface area contributed by atoms with Crippen LogP contribution in [0.15, 0.2) is 29.4 Å². The maximum Gasteiger partial charge on any atom is 0.265 e. The van der Waals surface area contributed by atoms with E-state index in [0.717, 1.165) is 0 Å². The van der Waals surface area contributed by atoms with E-state index in [9.17, 15) is 9.90 Å². The number of aliphatic hydroxyl groups excluding tert-OH is 1. The molecule has 0 saturated heterocycles. The third-order valence-electron chi connectivity index (χ3n) is 1.47. The van der Waals surface area contributed by atoms with Gasteiger partial charge >= 0.3 is 0 Å². The van der Waals surface area contributed by atoms with E-state index in [1.165, 1.54) is 12.3 Å². The zero-order chi connectivity index (χ0) is 10.4. The summed E-state index contributed by atoms with van der Waals surface area (Å²) < 4.78 is 0. The zero-order valence-electron chi connectivity index (χ0n) is 7.34. The Morgan fingerprint density at radius 2 is 2.21 bits per heavy atom. The molecule has 5 heteroatoms. The van der Waals surface area contributed by atoms with E-state index in [-0.39, 0.29) is 5.75 Å². The van der Waals surface area contributed by atoms with Crippen LogP contribution in [0.2, 0.25) is 0 Å². The number of carbonyl (C=O) groups excluding carboxylic acids is 1. The molecule has 3 N–H and O–H groups in total. The van der Waals surface area contributed by atoms with Crippen LogP contribution < -0.4 is 5.43 Å². The number of hydrazone groups is 1. The molecule has 0 saturated carbocycles. The molecule has 0 unspecified atom stereocenters. The molecule has 1 rings (SSSR count). The lowest BCUT2D eigenvalue weighted by atomic mass is 10.2. The molecule has 74 valence electrons. The standard InChI is InChI=1S/C9H10N2O3/c12-6-9(14)11-10-5-7-3-1-2-4-8(7)13/h1-5,12-13H,6H2,(H,11,14)/b10-5+. The quantitative estimate of drug-likeness (QED) is 0.461. The van der Waals surface area contributed by atoms with Crippen molar-refractivity contribution in [1.29, 1.82) is 0 Å². The van der Waals surface area contributed by atoms with Gasteiger partial charge in [0.15, 0.2) is 0 Å². The predicted molar refractivity (Wildman–Crippen MR) is 50.9 cm³/mol. The van der Waals surface area contributed by atoms with Gasteiger partial charge in [-0.3, -0.25) is 4.79 Å². The SMILES string of the molecule is O=C(CO)N/N=C/c1ccccc1O. The summed E-state index contributed by atoms with van der Waals surface area (Å²) in [6.45, 7) is -0.613. The minimum Gasteiger partial charge on any atom is -0.507 e. The molecule has 0 aliphatic heterocycles. The maximum atomic E-state index is 10.5. The van der Waals surface area contributed by atoms with Crippen molar-refractivity contribution in [2.45, 2.75) is 0 Å². The molecule has 14 heavy (non-hydrogen) atoms. The normalized spacial score (nSPS) is 10.4. The first-order chi connectivity index (χ1) is 6.74. The van der Waals surface area contributed by atoms with Crippen LogP contribution in [0.1, 0.15) is 5.56 Å². The second-order valence-electron chi connectivity index (χ2n) is 2.51. The van der Waals surface area contributed by atoms with Gasteiger partial charge in [-0.2, -0.15) is 5.10 Å². The molecule has 0 aliphatic carbocycles. The Hall–Kier alpha value is -1.88. The molecule has 0 aromatic heterocycles. The summed E-state index contributed by atoms with van der Waals surface area (Å²) in [5.74, 6) is -0.522. The van der Waals surface area contributed by atoms with Gasteiger partial charge in [0.2, 0.25) is 0 Å². The topological polar surface area (TPSA) is 81.9 Å². The summed E-state index contributed by atoms with van der Waals surface area (Å²) in [5, 5.41) is 21.2. The van der Waals surface area contributed by atoms with E-state index < -0.39 is 12.5 Å². The highest BCUT2D eigenvalue weighted by Crippen LogP contribution is 2.12. The van der Waals surface area contributed by atoms with Crippen molar-refractivity contribution in [3.8, 4) is 5.75 Å². The van der Waals surface area contributed by atoms with E-state index in [1.54, 1.807) is 18.2 Å². The molecule has 1 amide bonds. The van der Waals surface area contributed by atoms with Crippen molar-refractivity contribution in [3.05, 3.63) is 29.8 Å². The van der Waals surface area contributed by atoms with Gasteiger partial charge in [-0.15, -0.1) is 0 Å². The average molecular weight is 194 g/mol. The fourth-order valence-electron chi connectivity index (χ4n) is 0.806. The van der Waals surface area contributed by atoms with Crippen LogP contribution in [-0.2, 0) is 4.79 Å². The fourth-order valence-corrected chi connectivity index (χ4v) is 0.806. The lowest BCUT2D eigenvalue weighted by Crippen LogP contribution is -2.20. The van der Waals surface area contributed by atoms with Crippen LogP contribution in [0.25, 0.3) is 0 Å². The van der Waals surface area contributed by atoms with E-state index in [2.05, 4.69) is 10.5 Å². The summed E-state index contributed by atoms with van der Waals surface area (Å²) >= 11 is 0. The average Bonchev–Trinajstić information content (AvgIpc) is 2.20. The van der Waals surface area contributed by atoms with Crippen molar-refractivity contribution in [2.75, 3.05) is 6.61 Å². The largest absolute Gasteiger partial charge is 0.507 e. The number of benzene rings is 1. The van der Waals surface area contributed by atoms with Crippen molar-refractivity contribution >= 4 is 12.1 Å². The highest BCUT2D eigenvalue weighted by molar-refractivity contribution is 5.85. The van der Waals surface area contributed by atoms with Gasteiger partial charge in [0.1, 0.15) is 12.4 Å². The van der Waals surface area contributed by atoms with Gasteiger partial charge in [-0.1, -0.05) is 12.1 Å². The van der Waals surface area contributed by atoms with Crippen LogP contribution in [0.4, 0.5) is 0 Å². The van der Waals surface area contributed by atoms with E-state index in [0.29, 0.717) is 5.56 Å². The summed E-state index contributed by atoms with van der Waals surface area (Å²) in [6, 6.07) is 6.56. The number of phenolic OH excluding ortho intramolecular Hbond substituents is 1. The number of hydrogen-bond acceptors (Lipinski definition) is 4. The second kappa shape index (κ2) is 4.98. The number of carbonyl (C=O) groups is 1. The Bertz CT molecular complexity index is 350. The summed E-state index contributed by atoms with van der Waals surface area (Å²) in [4.78, 5) is 10.5. The lowest BCUT2D eigenvalue weighted by Gasteiger charge is -1.97. The van der Waals surface area contributed by atoms with E-state index in [4.69, 9.17) is 5.11 Å². The number of aliphatic hydroxyl groups is 1. The van der Waals surface area contributed by atoms with Gasteiger partial charge in [0, 0.05) is 5.56 Å². The minimum absolute atomic E-state index is 0.0782. The second-order valence-corrected chi connectivity index (χ2v) is 2.51. The molecule has 5 nitrogen and oxygen atoms in total. The third-order valence-corrected chi connectivity index (χ3v) is 1.47. The van der Waals surface area contributed by atoms with E-state index in [1.807, 2.05) is 0 Å². The number of phenols is 1. The summed E-state index contributed by atoms with van der Waals surface area (Å²) in [6.07, 6.45) is 1.29. The van der Waals surface area contributed by atoms with Gasteiger partial charge in [-0.05, 0) is 12.1 Å². The Kier molecular flexibility index (Phi) is 3.63. The van der Waals surface area contributed by atoms with Crippen LogP contribution in [-0.4, -0.2) is 28.9 Å². The Balaban J connectivity index is 2.60. The number of para-hydroxylation sites is 1. The van der Waals surface area contributed by atoms with Crippen molar-refractivity contribution in [1.82, 2.24) is 5.43 Å². The zero-order valence-corrected chi connectivity index (χ0v) is 7.34. The fraction of sp³-hybridized carbons (Fsp3) is 0.111. The third kappa shape index (κ3) is 2.87. The monoisotopic (exact) mass is 194 g/mol. The molecule has 1 aromatic carbocycles. The first-order valence-electron chi connectivity index (χ1n) is 3.95. The maximum absolute atomic E-state index is 10.5. The Labute approximate surface area is 80.7 Å². The van der Waals surface area contributed by atoms with Gasteiger partial charge in [0.25, 0.3) is 5.91 Å². The first-order valence-corrected chi connectivity index (χ1v) is 3.95. The number of aromatic hydroxyl groups is 1. The highest BCUT2D eigenvalue weighted by Gasteiger charge is 1.96. The molecular formula is C9H10N2O3. The minimum atomic E-state index is -0.613. The van der Waals surface area contributed by atoms with Gasteiger partial charge < -0.3 is 10.2 Å². The van der Waals surface area contributed by atoms with Crippen molar-refractivity contribution < 1.29 is 15.0 Å². The highest BCUT2D eigenvalue weighted by atomic mass is 16.3. The number of nitrogens with zero attached hydrogens (tertiary/aromatic N) is 1. The molecule has 0 heterocycles. The summed E-state index contributed by atoms with van der Waals surface area (Å²) in [7, 11) is 0. The number of nitrogens with one attached hydrogen (secondary N) is 1. The van der Waals surface area contributed by atoms with Gasteiger partial charge in [0.05, 0.1) is 6.21 Å². The summed E-state index contributed by atoms with van der Waals surface area (Å²) in [5.41, 5.74) is 2.57. The molecule has 1 aromatic rings. The van der Waals surface area contributed by atoms with Crippen molar-refractivity contribution in [2.24, 2.45) is 5.10 Å². The Morgan fingerprint density at radius 3 is 2.86 bits per heavy atom. The Morgan fingerprint density at radius 1 is 1.50 bits per heavy atom. The first kappa shape index (κ1) is 10.2. The molecule has 0 spiro atoms.